The lowest BCUT2D eigenvalue weighted by atomic mass is 9.94. The normalized spacial score (nSPS) is 16.4. The average molecular weight is 372 g/mol. The number of hydrogen-bond acceptors (Lipinski definition) is 4. The molecule has 1 saturated heterocycles. The number of nitrogens with one attached hydrogen (secondary N) is 1. The SMILES string of the molecule is COC(=O)C(NC(=O)C1CCN(C(=O)/C=C/c2ccccc2)CC1)C(C)C. The molecule has 1 atom stereocenters. The van der Waals surface area contributed by atoms with Gasteiger partial charge in [0.2, 0.25) is 11.8 Å². The Morgan fingerprint density at radius 3 is 2.33 bits per heavy atom. The molecule has 6 nitrogen and oxygen atoms in total. The number of piperidine rings is 1. The van der Waals surface area contributed by atoms with Crippen LogP contribution in [0.25, 0.3) is 6.08 Å². The maximum absolute atomic E-state index is 12.5. The Morgan fingerprint density at radius 1 is 1.15 bits per heavy atom. The van der Waals surface area contributed by atoms with Crippen molar-refractivity contribution in [2.24, 2.45) is 11.8 Å². The molecule has 1 aliphatic rings. The van der Waals surface area contributed by atoms with Crippen molar-refractivity contribution in [3.63, 3.8) is 0 Å². The van der Waals surface area contributed by atoms with Crippen LogP contribution in [-0.4, -0.2) is 48.9 Å². The van der Waals surface area contributed by atoms with Gasteiger partial charge in [0.1, 0.15) is 6.04 Å². The van der Waals surface area contributed by atoms with Gasteiger partial charge in [-0.3, -0.25) is 9.59 Å². The van der Waals surface area contributed by atoms with E-state index in [9.17, 15) is 14.4 Å². The molecule has 146 valence electrons. The minimum Gasteiger partial charge on any atom is -0.467 e. The second kappa shape index (κ2) is 9.90. The van der Waals surface area contributed by atoms with Gasteiger partial charge in [-0.2, -0.15) is 0 Å². The minimum atomic E-state index is -0.643. The number of esters is 1. The molecule has 0 aromatic heterocycles. The van der Waals surface area contributed by atoms with Gasteiger partial charge in [0.15, 0.2) is 0 Å². The standard InChI is InChI=1S/C21H28N2O4/c1-15(2)19(21(26)27-3)22-20(25)17-11-13-23(14-12-17)18(24)10-9-16-7-5-4-6-8-16/h4-10,15,17,19H,11-14H2,1-3H3,(H,22,25)/b10-9+. The third-order valence-electron chi connectivity index (χ3n) is 4.81. The highest BCUT2D eigenvalue weighted by atomic mass is 16.5. The van der Waals surface area contributed by atoms with Crippen LogP contribution in [0, 0.1) is 11.8 Å². The van der Waals surface area contributed by atoms with Gasteiger partial charge >= 0.3 is 5.97 Å². The van der Waals surface area contributed by atoms with Crippen LogP contribution in [0.2, 0.25) is 0 Å². The van der Waals surface area contributed by atoms with Gasteiger partial charge in [0.25, 0.3) is 0 Å². The van der Waals surface area contributed by atoms with Crippen LogP contribution in [0.1, 0.15) is 32.3 Å². The Labute approximate surface area is 160 Å². The molecule has 6 heteroatoms. The minimum absolute atomic E-state index is 0.0488. The molecule has 0 spiro atoms. The van der Waals surface area contributed by atoms with Crippen LogP contribution in [0.4, 0.5) is 0 Å². The number of carbonyl (C=O) groups is 3. The van der Waals surface area contributed by atoms with Crippen molar-refractivity contribution in [3.8, 4) is 0 Å². The summed E-state index contributed by atoms with van der Waals surface area (Å²) in [6.45, 7) is 4.78. The van der Waals surface area contributed by atoms with E-state index in [4.69, 9.17) is 4.74 Å². The third-order valence-corrected chi connectivity index (χ3v) is 4.81. The van der Waals surface area contributed by atoms with Crippen molar-refractivity contribution >= 4 is 23.9 Å². The molecule has 0 aliphatic carbocycles. The Kier molecular flexibility index (Phi) is 7.58. The number of benzene rings is 1. The first-order valence-electron chi connectivity index (χ1n) is 9.32. The molecule has 1 fully saturated rings. The molecule has 0 radical (unpaired) electrons. The lowest BCUT2D eigenvalue weighted by molar-refractivity contribution is -0.147. The van der Waals surface area contributed by atoms with Crippen molar-refractivity contribution < 1.29 is 19.1 Å². The number of likely N-dealkylation sites (tertiary alicyclic amines) is 1. The van der Waals surface area contributed by atoms with E-state index in [1.165, 1.54) is 7.11 Å². The van der Waals surface area contributed by atoms with Gasteiger partial charge < -0.3 is 15.0 Å². The van der Waals surface area contributed by atoms with Crippen molar-refractivity contribution in [3.05, 3.63) is 42.0 Å². The van der Waals surface area contributed by atoms with E-state index < -0.39 is 12.0 Å². The fourth-order valence-electron chi connectivity index (χ4n) is 3.09. The summed E-state index contributed by atoms with van der Waals surface area (Å²) in [6, 6.07) is 9.01. The maximum Gasteiger partial charge on any atom is 0.328 e. The van der Waals surface area contributed by atoms with Gasteiger partial charge in [0.05, 0.1) is 7.11 Å². The fraction of sp³-hybridized carbons (Fsp3) is 0.476. The van der Waals surface area contributed by atoms with Gasteiger partial charge in [-0.1, -0.05) is 44.2 Å². The van der Waals surface area contributed by atoms with Crippen LogP contribution >= 0.6 is 0 Å². The summed E-state index contributed by atoms with van der Waals surface area (Å²) in [7, 11) is 1.32. The number of carbonyl (C=O) groups excluding carboxylic acids is 3. The lowest BCUT2D eigenvalue weighted by Crippen LogP contribution is -2.49. The first kappa shape index (κ1) is 20.7. The second-order valence-electron chi connectivity index (χ2n) is 7.10. The molecule has 27 heavy (non-hydrogen) atoms. The highest BCUT2D eigenvalue weighted by Crippen LogP contribution is 2.19. The van der Waals surface area contributed by atoms with Crippen LogP contribution in [0.3, 0.4) is 0 Å². The van der Waals surface area contributed by atoms with Crippen LogP contribution in [-0.2, 0) is 19.1 Å². The summed E-state index contributed by atoms with van der Waals surface area (Å²) in [5.74, 6) is -0.875. The second-order valence-corrected chi connectivity index (χ2v) is 7.10. The van der Waals surface area contributed by atoms with Crippen LogP contribution in [0.15, 0.2) is 36.4 Å². The van der Waals surface area contributed by atoms with E-state index in [2.05, 4.69) is 5.32 Å². The largest absolute Gasteiger partial charge is 0.467 e. The van der Waals surface area contributed by atoms with Crippen LogP contribution in [0.5, 0.6) is 0 Å². The Bertz CT molecular complexity index is 677. The zero-order valence-corrected chi connectivity index (χ0v) is 16.2. The van der Waals surface area contributed by atoms with Crippen molar-refractivity contribution in [2.75, 3.05) is 20.2 Å². The monoisotopic (exact) mass is 372 g/mol. The van der Waals surface area contributed by atoms with E-state index in [-0.39, 0.29) is 23.7 Å². The Hall–Kier alpha value is -2.63. The molecule has 0 bridgehead atoms. The number of ether oxygens (including phenoxy) is 1. The average Bonchev–Trinajstić information content (AvgIpc) is 2.70. The van der Waals surface area contributed by atoms with E-state index in [0.29, 0.717) is 25.9 Å². The molecule has 0 saturated carbocycles. The number of nitrogens with zero attached hydrogens (tertiary/aromatic N) is 1. The predicted molar refractivity (Wildman–Crippen MR) is 104 cm³/mol. The molecule has 2 rings (SSSR count). The lowest BCUT2D eigenvalue weighted by Gasteiger charge is -2.31. The Morgan fingerprint density at radius 2 is 1.78 bits per heavy atom. The third kappa shape index (κ3) is 5.94. The molecular formula is C21H28N2O4. The molecular weight excluding hydrogens is 344 g/mol. The van der Waals surface area contributed by atoms with Crippen molar-refractivity contribution in [1.29, 1.82) is 0 Å². The summed E-state index contributed by atoms with van der Waals surface area (Å²) in [5.41, 5.74) is 0.975. The van der Waals surface area contributed by atoms with Crippen LogP contribution < -0.4 is 5.32 Å². The summed E-state index contributed by atoms with van der Waals surface area (Å²) in [4.78, 5) is 38.4. The molecule has 1 unspecified atom stereocenters. The number of rotatable bonds is 6. The van der Waals surface area contributed by atoms with E-state index in [1.54, 1.807) is 17.1 Å². The molecule has 2 amide bonds. The van der Waals surface area contributed by atoms with Gasteiger partial charge in [-0.25, -0.2) is 4.79 Å². The summed E-state index contributed by atoms with van der Waals surface area (Å²) in [5, 5.41) is 2.80. The van der Waals surface area contributed by atoms with E-state index in [0.717, 1.165) is 5.56 Å². The molecule has 1 aromatic carbocycles. The number of amides is 2. The topological polar surface area (TPSA) is 75.7 Å². The fourth-order valence-corrected chi connectivity index (χ4v) is 3.09. The summed E-state index contributed by atoms with van der Waals surface area (Å²) in [6.07, 6.45) is 4.54. The molecule has 1 aliphatic heterocycles. The molecule has 1 aromatic rings. The molecule has 1 N–H and O–H groups in total. The predicted octanol–water partition coefficient (Wildman–Crippen LogP) is 2.25. The maximum atomic E-state index is 12.5. The van der Waals surface area contributed by atoms with E-state index >= 15 is 0 Å². The number of hydrogen-bond donors (Lipinski definition) is 1. The van der Waals surface area contributed by atoms with Gasteiger partial charge in [0, 0.05) is 25.1 Å². The van der Waals surface area contributed by atoms with E-state index in [1.807, 2.05) is 44.2 Å². The number of methoxy groups -OCH3 is 1. The highest BCUT2D eigenvalue weighted by molar-refractivity contribution is 5.92. The first-order chi connectivity index (χ1) is 12.9. The zero-order valence-electron chi connectivity index (χ0n) is 16.2. The first-order valence-corrected chi connectivity index (χ1v) is 9.32. The molecule has 1 heterocycles. The smallest absolute Gasteiger partial charge is 0.328 e. The summed E-state index contributed by atoms with van der Waals surface area (Å²) >= 11 is 0. The van der Waals surface area contributed by atoms with Gasteiger partial charge in [-0.05, 0) is 30.4 Å². The highest BCUT2D eigenvalue weighted by Gasteiger charge is 2.31. The van der Waals surface area contributed by atoms with Crippen molar-refractivity contribution in [1.82, 2.24) is 10.2 Å². The zero-order chi connectivity index (χ0) is 19.8. The van der Waals surface area contributed by atoms with Gasteiger partial charge in [-0.15, -0.1) is 0 Å². The quantitative estimate of drug-likeness (QED) is 0.614. The van der Waals surface area contributed by atoms with Crippen molar-refractivity contribution in [2.45, 2.75) is 32.7 Å². The summed E-state index contributed by atoms with van der Waals surface area (Å²) < 4.78 is 4.76. The Balaban J connectivity index is 1.85.